The van der Waals surface area contributed by atoms with E-state index in [4.69, 9.17) is 0 Å². The number of aromatic nitrogens is 3. The van der Waals surface area contributed by atoms with E-state index in [0.717, 1.165) is 25.1 Å². The van der Waals surface area contributed by atoms with Gasteiger partial charge in [0.15, 0.2) is 0 Å². The molecule has 18 heavy (non-hydrogen) atoms. The van der Waals surface area contributed by atoms with Crippen LogP contribution in [0, 0.1) is 0 Å². The summed E-state index contributed by atoms with van der Waals surface area (Å²) in [4.78, 5) is 0. The van der Waals surface area contributed by atoms with Gasteiger partial charge in [0.2, 0.25) is 0 Å². The smallest absolute Gasteiger partial charge is 0.0845 e. The van der Waals surface area contributed by atoms with Crippen LogP contribution < -0.4 is 5.32 Å². The Labute approximate surface area is 108 Å². The second kappa shape index (κ2) is 6.31. The van der Waals surface area contributed by atoms with Crippen molar-refractivity contribution in [3.63, 3.8) is 0 Å². The Morgan fingerprint density at radius 1 is 1.28 bits per heavy atom. The minimum Gasteiger partial charge on any atom is -0.310 e. The number of hydrogen-bond acceptors (Lipinski definition) is 3. The number of benzene rings is 1. The lowest BCUT2D eigenvalue weighted by Crippen LogP contribution is -2.24. The van der Waals surface area contributed by atoms with E-state index in [1.807, 2.05) is 19.3 Å². The number of nitrogens with one attached hydrogen (secondary N) is 1. The van der Waals surface area contributed by atoms with Crippen molar-refractivity contribution in [1.82, 2.24) is 20.3 Å². The van der Waals surface area contributed by atoms with Crippen molar-refractivity contribution in [2.45, 2.75) is 25.8 Å². The average Bonchev–Trinajstić information content (AvgIpc) is 2.81. The maximum Gasteiger partial charge on any atom is 0.0845 e. The topological polar surface area (TPSA) is 42.7 Å². The molecule has 0 bridgehead atoms. The zero-order valence-corrected chi connectivity index (χ0v) is 11.0. The first-order chi connectivity index (χ1) is 8.79. The van der Waals surface area contributed by atoms with Gasteiger partial charge in [-0.1, -0.05) is 42.5 Å². The number of aryl methyl sites for hydroxylation is 1. The molecule has 0 aliphatic heterocycles. The van der Waals surface area contributed by atoms with Crippen molar-refractivity contribution in [3.8, 4) is 0 Å². The highest BCUT2D eigenvalue weighted by Crippen LogP contribution is 2.16. The molecule has 0 saturated carbocycles. The molecule has 4 nitrogen and oxygen atoms in total. The minimum absolute atomic E-state index is 0.308. The van der Waals surface area contributed by atoms with Crippen molar-refractivity contribution in [2.24, 2.45) is 7.05 Å². The molecule has 1 atom stereocenters. The lowest BCUT2D eigenvalue weighted by atomic mass is 10.0. The Bertz CT molecular complexity index is 464. The Morgan fingerprint density at radius 3 is 2.67 bits per heavy atom. The number of rotatable bonds is 6. The maximum atomic E-state index is 4.16. The van der Waals surface area contributed by atoms with Gasteiger partial charge in [-0.05, 0) is 18.5 Å². The zero-order valence-electron chi connectivity index (χ0n) is 11.0. The quantitative estimate of drug-likeness (QED) is 0.846. The first-order valence-electron chi connectivity index (χ1n) is 6.43. The number of hydrogen-bond donors (Lipinski definition) is 1. The molecule has 1 aromatic heterocycles. The zero-order chi connectivity index (χ0) is 12.8. The molecular formula is C14H20N4. The van der Waals surface area contributed by atoms with Crippen LogP contribution in [0.5, 0.6) is 0 Å². The van der Waals surface area contributed by atoms with Crippen molar-refractivity contribution in [2.75, 3.05) is 6.54 Å². The van der Waals surface area contributed by atoms with Crippen molar-refractivity contribution in [1.29, 1.82) is 0 Å². The van der Waals surface area contributed by atoms with Crippen LogP contribution in [0.2, 0.25) is 0 Å². The summed E-state index contributed by atoms with van der Waals surface area (Å²) in [6, 6.07) is 10.8. The second-order valence-electron chi connectivity index (χ2n) is 4.51. The van der Waals surface area contributed by atoms with Gasteiger partial charge in [-0.2, -0.15) is 0 Å². The summed E-state index contributed by atoms with van der Waals surface area (Å²) >= 11 is 0. The summed E-state index contributed by atoms with van der Waals surface area (Å²) in [6.45, 7) is 3.19. The molecule has 1 aromatic carbocycles. The predicted molar refractivity (Wildman–Crippen MR) is 72.2 cm³/mol. The summed E-state index contributed by atoms with van der Waals surface area (Å²) < 4.78 is 1.75. The fourth-order valence-electron chi connectivity index (χ4n) is 2.01. The van der Waals surface area contributed by atoms with E-state index in [2.05, 4.69) is 46.8 Å². The molecule has 0 saturated heterocycles. The van der Waals surface area contributed by atoms with Gasteiger partial charge in [0, 0.05) is 25.7 Å². The van der Waals surface area contributed by atoms with Crippen LogP contribution in [-0.2, 0) is 13.5 Å². The van der Waals surface area contributed by atoms with E-state index < -0.39 is 0 Å². The molecule has 0 aliphatic rings. The third-order valence-electron chi connectivity index (χ3n) is 2.91. The second-order valence-corrected chi connectivity index (χ2v) is 4.51. The van der Waals surface area contributed by atoms with Crippen LogP contribution in [0.25, 0.3) is 0 Å². The van der Waals surface area contributed by atoms with Crippen LogP contribution in [0.15, 0.2) is 36.5 Å². The van der Waals surface area contributed by atoms with E-state index in [9.17, 15) is 0 Å². The van der Waals surface area contributed by atoms with Gasteiger partial charge in [0.05, 0.1) is 5.69 Å². The fraction of sp³-hybridized carbons (Fsp3) is 0.429. The van der Waals surface area contributed by atoms with Gasteiger partial charge in [0.1, 0.15) is 0 Å². The van der Waals surface area contributed by atoms with Gasteiger partial charge in [0.25, 0.3) is 0 Å². The van der Waals surface area contributed by atoms with Crippen LogP contribution in [0.1, 0.15) is 30.6 Å². The normalized spacial score (nSPS) is 12.6. The lowest BCUT2D eigenvalue weighted by Gasteiger charge is -2.17. The third kappa shape index (κ3) is 3.40. The molecule has 0 spiro atoms. The standard InChI is InChI=1S/C14H20N4/c1-3-9-15-14(12-7-5-4-6-8-12)10-13-11-18(2)17-16-13/h4-8,11,14-15H,3,9-10H2,1-2H3. The van der Waals surface area contributed by atoms with E-state index in [0.29, 0.717) is 6.04 Å². The molecule has 0 radical (unpaired) electrons. The van der Waals surface area contributed by atoms with Gasteiger partial charge < -0.3 is 5.32 Å². The van der Waals surface area contributed by atoms with E-state index in [-0.39, 0.29) is 0 Å². The number of nitrogens with zero attached hydrogens (tertiary/aromatic N) is 3. The van der Waals surface area contributed by atoms with Crippen LogP contribution in [-0.4, -0.2) is 21.5 Å². The van der Waals surface area contributed by atoms with Gasteiger partial charge in [-0.15, -0.1) is 5.10 Å². The van der Waals surface area contributed by atoms with E-state index in [1.165, 1.54) is 5.56 Å². The summed E-state index contributed by atoms with van der Waals surface area (Å²) in [5, 5.41) is 11.7. The monoisotopic (exact) mass is 244 g/mol. The van der Waals surface area contributed by atoms with E-state index >= 15 is 0 Å². The van der Waals surface area contributed by atoms with Gasteiger partial charge in [-0.25, -0.2) is 0 Å². The van der Waals surface area contributed by atoms with E-state index in [1.54, 1.807) is 4.68 Å². The molecule has 96 valence electrons. The molecule has 2 rings (SSSR count). The maximum absolute atomic E-state index is 4.16. The Morgan fingerprint density at radius 2 is 2.06 bits per heavy atom. The highest BCUT2D eigenvalue weighted by Gasteiger charge is 2.12. The molecule has 0 aliphatic carbocycles. The van der Waals surface area contributed by atoms with Gasteiger partial charge in [-0.3, -0.25) is 4.68 Å². The average molecular weight is 244 g/mol. The lowest BCUT2D eigenvalue weighted by molar-refractivity contribution is 0.524. The summed E-state index contributed by atoms with van der Waals surface area (Å²) in [7, 11) is 1.90. The first-order valence-corrected chi connectivity index (χ1v) is 6.43. The van der Waals surface area contributed by atoms with Crippen molar-refractivity contribution >= 4 is 0 Å². The first kappa shape index (κ1) is 12.8. The Kier molecular flexibility index (Phi) is 4.47. The SMILES string of the molecule is CCCNC(Cc1cn(C)nn1)c1ccccc1. The van der Waals surface area contributed by atoms with Crippen molar-refractivity contribution in [3.05, 3.63) is 47.8 Å². The van der Waals surface area contributed by atoms with Gasteiger partial charge >= 0.3 is 0 Å². The summed E-state index contributed by atoms with van der Waals surface area (Å²) in [6.07, 6.45) is 3.98. The van der Waals surface area contributed by atoms with Crippen LogP contribution >= 0.6 is 0 Å². The molecule has 1 heterocycles. The van der Waals surface area contributed by atoms with Crippen LogP contribution in [0.4, 0.5) is 0 Å². The fourth-order valence-corrected chi connectivity index (χ4v) is 2.01. The molecule has 0 fully saturated rings. The molecule has 0 amide bonds. The summed E-state index contributed by atoms with van der Waals surface area (Å²) in [5.41, 5.74) is 2.33. The third-order valence-corrected chi connectivity index (χ3v) is 2.91. The molecule has 1 N–H and O–H groups in total. The minimum atomic E-state index is 0.308. The molecule has 1 unspecified atom stereocenters. The molecule has 2 aromatic rings. The predicted octanol–water partition coefficient (Wildman–Crippen LogP) is 2.10. The largest absolute Gasteiger partial charge is 0.310 e. The summed E-state index contributed by atoms with van der Waals surface area (Å²) in [5.74, 6) is 0. The van der Waals surface area contributed by atoms with Crippen molar-refractivity contribution < 1.29 is 0 Å². The highest BCUT2D eigenvalue weighted by molar-refractivity contribution is 5.20. The van der Waals surface area contributed by atoms with Crippen LogP contribution in [0.3, 0.4) is 0 Å². The molecule has 4 heteroatoms. The Balaban J connectivity index is 2.10. The Hall–Kier alpha value is -1.68. The molecular weight excluding hydrogens is 224 g/mol. The highest BCUT2D eigenvalue weighted by atomic mass is 15.4.